The Labute approximate surface area is 456 Å². The van der Waals surface area contributed by atoms with Crippen LogP contribution in [-0.4, -0.2) is 218 Å². The molecule has 0 aromatic carbocycles. The monoisotopic (exact) mass is 1120 g/mol. The number of fused-ring (bicyclic) bond motifs is 14. The molecule has 24 nitrogen and oxygen atoms in total. The van der Waals surface area contributed by atoms with Crippen molar-refractivity contribution in [2.75, 3.05) is 0 Å². The fourth-order valence-corrected chi connectivity index (χ4v) is 10.4. The molecule has 7 aliphatic heterocycles. The second-order valence-electron chi connectivity index (χ2n) is 21.6. The lowest BCUT2D eigenvalue weighted by atomic mass is 9.95. The van der Waals surface area contributed by atoms with Gasteiger partial charge in [-0.2, -0.15) is 0 Å². The zero-order chi connectivity index (χ0) is 57.3. The van der Waals surface area contributed by atoms with Gasteiger partial charge >= 0.3 is 17.9 Å². The van der Waals surface area contributed by atoms with Gasteiger partial charge < -0.3 is 102 Å². The van der Waals surface area contributed by atoms with Crippen molar-refractivity contribution in [3.63, 3.8) is 0 Å². The van der Waals surface area contributed by atoms with Crippen LogP contribution < -0.4 is 0 Å². The number of ether oxygens (including phenoxy) is 13. The van der Waals surface area contributed by atoms with Crippen LogP contribution >= 0.6 is 0 Å². The van der Waals surface area contributed by atoms with Gasteiger partial charge in [-0.15, -0.1) is 0 Å². The van der Waals surface area contributed by atoms with Crippen molar-refractivity contribution >= 4 is 17.9 Å². The van der Waals surface area contributed by atoms with Crippen molar-refractivity contribution in [2.24, 2.45) is 0 Å². The standard InChI is InChI=1S/C54H88O24/c1-11-21-31-22-19-17-15-14-16-18-20-23-32(55)72-43-35(58)28(8)67-51(40(43)63)77-46-42(73-48(64)24(4)12-2)30(10)70-54(47(46)78-50-38(61)36(59)33(56)26(6)66-50)75-41-29(9)69-53(45(39(41)62)74-49(65)25(5)13-3)76-44-37(60)34(57)27(7)68-52(44)71-31/h12-13,26-31,33-47,50-54,56-63H,11,14-23H2,1-10H3/t26-,27+,28-,29-,30+,31-,33-,34+,35-,36+,37-,38+,39+,40+,41-,42+,43+,44+,45+,46-,47+,50-,51-,52-,53-,54-/m0/s1. The third kappa shape index (κ3) is 15.6. The predicted molar refractivity (Wildman–Crippen MR) is 269 cm³/mol. The first-order chi connectivity index (χ1) is 37.0. The molecule has 7 saturated heterocycles. The summed E-state index contributed by atoms with van der Waals surface area (Å²) in [6.07, 6.45) is -29.2. The first-order valence-electron chi connectivity index (χ1n) is 27.9. The van der Waals surface area contributed by atoms with E-state index in [-0.39, 0.29) is 23.7 Å². The van der Waals surface area contributed by atoms with E-state index in [0.29, 0.717) is 25.7 Å². The summed E-state index contributed by atoms with van der Waals surface area (Å²) >= 11 is 0. The third-order valence-electron chi connectivity index (χ3n) is 15.6. The Bertz CT molecular complexity index is 1970. The van der Waals surface area contributed by atoms with Crippen LogP contribution in [0.3, 0.4) is 0 Å². The number of carbonyl (C=O) groups is 3. The van der Waals surface area contributed by atoms with E-state index < -0.39 is 171 Å². The topological polar surface area (TPSA) is 333 Å². The van der Waals surface area contributed by atoms with Gasteiger partial charge in [0.15, 0.2) is 49.8 Å². The molecule has 7 rings (SSSR count). The van der Waals surface area contributed by atoms with Crippen molar-refractivity contribution < 1.29 is 117 Å². The van der Waals surface area contributed by atoms with Crippen LogP contribution in [0.4, 0.5) is 0 Å². The zero-order valence-corrected chi connectivity index (χ0v) is 46.6. The second kappa shape index (κ2) is 29.4. The summed E-state index contributed by atoms with van der Waals surface area (Å²) in [5, 5.41) is 91.6. The number of carbonyl (C=O) groups excluding carboxylic acids is 3. The lowest BCUT2D eigenvalue weighted by Crippen LogP contribution is -2.68. The highest BCUT2D eigenvalue weighted by atomic mass is 16.8. The maximum absolute atomic E-state index is 13.7. The van der Waals surface area contributed by atoms with Crippen molar-refractivity contribution in [3.8, 4) is 0 Å². The summed E-state index contributed by atoms with van der Waals surface area (Å²) in [6, 6.07) is 0. The van der Waals surface area contributed by atoms with Gasteiger partial charge in [-0.25, -0.2) is 9.59 Å². The van der Waals surface area contributed by atoms with Crippen LogP contribution in [0.25, 0.3) is 0 Å². The van der Waals surface area contributed by atoms with Crippen LogP contribution in [0.15, 0.2) is 23.3 Å². The van der Waals surface area contributed by atoms with Crippen LogP contribution in [-0.2, 0) is 76.0 Å². The molecule has 78 heavy (non-hydrogen) atoms. The van der Waals surface area contributed by atoms with Gasteiger partial charge in [-0.3, -0.25) is 4.79 Å². The van der Waals surface area contributed by atoms with Gasteiger partial charge in [0, 0.05) is 17.6 Å². The molecule has 0 saturated carbocycles. The van der Waals surface area contributed by atoms with Gasteiger partial charge in [0.2, 0.25) is 0 Å². The molecule has 0 aromatic heterocycles. The minimum atomic E-state index is -1.95. The summed E-state index contributed by atoms with van der Waals surface area (Å²) in [5.74, 6) is -2.43. The lowest BCUT2D eigenvalue weighted by Gasteiger charge is -2.51. The second-order valence-corrected chi connectivity index (χ2v) is 21.6. The highest BCUT2D eigenvalue weighted by Gasteiger charge is 2.59. The summed E-state index contributed by atoms with van der Waals surface area (Å²) in [7, 11) is 0. The zero-order valence-electron chi connectivity index (χ0n) is 46.6. The van der Waals surface area contributed by atoms with Gasteiger partial charge in [-0.1, -0.05) is 64.0 Å². The van der Waals surface area contributed by atoms with Crippen molar-refractivity contribution in [1.29, 1.82) is 0 Å². The summed E-state index contributed by atoms with van der Waals surface area (Å²) in [6.45, 7) is 15.6. The highest BCUT2D eigenvalue weighted by Crippen LogP contribution is 2.39. The average molecular weight is 1120 g/mol. The number of hydrogen-bond acceptors (Lipinski definition) is 24. The Kier molecular flexibility index (Phi) is 24.3. The molecule has 7 aliphatic rings. The smallest absolute Gasteiger partial charge is 0.333 e. The SMILES string of the molecule is CC=C(C)C(=O)O[C@H]1[C@@H]2O[C@H]3[C@H](O[C@@H](CCC)CCCCCCCCCC(=O)O[C@@H]4[C@@H](O)[C@H](C)O[C@@H](O[C@@H]5[C@@H](O[C@@H]6O[C@@H](C)[C@H](O)[C@@H](O)[C@H]6O)[C@H](O[C@H]([C@H]1O)[C@H](C)O2)O[C@H](C)[C@H]5OC(=O)C(C)=CC)[C@@H]4O)O[C@H](C)[C@@H](O)[C@@H]3O. The molecule has 7 fully saturated rings. The van der Waals surface area contributed by atoms with E-state index >= 15 is 0 Å². The van der Waals surface area contributed by atoms with Gasteiger partial charge in [0.05, 0.1) is 36.6 Å². The van der Waals surface area contributed by atoms with Crippen molar-refractivity contribution in [3.05, 3.63) is 23.3 Å². The molecular formula is C54H88O24. The predicted octanol–water partition coefficient (Wildman–Crippen LogP) is 1.52. The fourth-order valence-electron chi connectivity index (χ4n) is 10.4. The molecule has 0 radical (unpaired) electrons. The van der Waals surface area contributed by atoms with Crippen LogP contribution in [0.1, 0.15) is 140 Å². The van der Waals surface area contributed by atoms with E-state index in [2.05, 4.69) is 0 Å². The fraction of sp³-hybridized carbons (Fsp3) is 0.870. The molecule has 0 unspecified atom stereocenters. The molecule has 24 heteroatoms. The van der Waals surface area contributed by atoms with E-state index in [0.717, 1.165) is 38.5 Å². The lowest BCUT2D eigenvalue weighted by molar-refractivity contribution is -0.405. The highest BCUT2D eigenvalue weighted by molar-refractivity contribution is 5.88. The van der Waals surface area contributed by atoms with Crippen molar-refractivity contribution in [2.45, 2.75) is 299 Å². The summed E-state index contributed by atoms with van der Waals surface area (Å²) in [4.78, 5) is 40.7. The maximum atomic E-state index is 13.7. The van der Waals surface area contributed by atoms with E-state index in [4.69, 9.17) is 61.6 Å². The largest absolute Gasteiger partial charge is 0.456 e. The number of rotatable bonds is 8. The number of esters is 3. The normalized spacial score (nSPS) is 45.4. The van der Waals surface area contributed by atoms with Crippen LogP contribution in [0, 0.1) is 0 Å². The van der Waals surface area contributed by atoms with E-state index in [9.17, 15) is 55.2 Å². The molecule has 26 atom stereocenters. The quantitative estimate of drug-likeness (QED) is 0.0970. The Balaban J connectivity index is 1.45. The van der Waals surface area contributed by atoms with Crippen LogP contribution in [0.5, 0.6) is 0 Å². The molecule has 7 heterocycles. The molecule has 0 amide bonds. The van der Waals surface area contributed by atoms with E-state index in [1.807, 2.05) is 6.92 Å². The molecule has 0 aromatic rings. The van der Waals surface area contributed by atoms with E-state index in [1.165, 1.54) is 53.7 Å². The van der Waals surface area contributed by atoms with Crippen LogP contribution in [0.2, 0.25) is 0 Å². The molecule has 6 bridgehead atoms. The Morgan fingerprint density at radius 1 is 0.487 bits per heavy atom. The molecular weight excluding hydrogens is 1030 g/mol. The number of aliphatic hydroxyl groups excluding tert-OH is 8. The van der Waals surface area contributed by atoms with Gasteiger partial charge in [0.25, 0.3) is 0 Å². The number of hydrogen-bond donors (Lipinski definition) is 8. The first kappa shape index (κ1) is 64.3. The van der Waals surface area contributed by atoms with Gasteiger partial charge in [0.1, 0.15) is 73.2 Å². The Hall–Kier alpha value is -2.83. The Morgan fingerprint density at radius 3 is 1.64 bits per heavy atom. The maximum Gasteiger partial charge on any atom is 0.333 e. The average Bonchev–Trinajstić information content (AvgIpc) is 3.59. The molecule has 0 spiro atoms. The molecule has 448 valence electrons. The summed E-state index contributed by atoms with van der Waals surface area (Å²) < 4.78 is 81.3. The summed E-state index contributed by atoms with van der Waals surface area (Å²) in [5.41, 5.74) is 0.291. The number of allylic oxidation sites excluding steroid dienone is 2. The van der Waals surface area contributed by atoms with Gasteiger partial charge in [-0.05, 0) is 81.6 Å². The van der Waals surface area contributed by atoms with E-state index in [1.54, 1.807) is 20.8 Å². The minimum Gasteiger partial charge on any atom is -0.456 e. The van der Waals surface area contributed by atoms with Crippen molar-refractivity contribution in [1.82, 2.24) is 0 Å². The number of aliphatic hydroxyl groups is 8. The third-order valence-corrected chi connectivity index (χ3v) is 15.6. The molecule has 8 N–H and O–H groups in total. The Morgan fingerprint density at radius 2 is 1.00 bits per heavy atom. The molecule has 0 aliphatic carbocycles. The minimum absolute atomic E-state index is 0.0205. The first-order valence-corrected chi connectivity index (χ1v) is 27.9.